The maximum atomic E-state index is 6.00. The molecule has 0 heterocycles. The SMILES string of the molecule is CCC(N)Cc1cc(Br)c(OC(C)CCOC)c(Br)c1. The van der Waals surface area contributed by atoms with Crippen LogP contribution in [0.25, 0.3) is 0 Å². The molecule has 0 saturated carbocycles. The first-order valence-electron chi connectivity index (χ1n) is 6.87. The standard InChI is InChI=1S/C15H23Br2NO2/c1-4-12(18)7-11-8-13(16)15(14(17)9-11)20-10(2)5-6-19-3/h8-10,12H,4-7,18H2,1-3H3. The highest BCUT2D eigenvalue weighted by atomic mass is 79.9. The van der Waals surface area contributed by atoms with Crippen LogP contribution >= 0.6 is 31.9 Å². The number of rotatable bonds is 8. The maximum Gasteiger partial charge on any atom is 0.148 e. The van der Waals surface area contributed by atoms with E-state index in [-0.39, 0.29) is 12.1 Å². The predicted octanol–water partition coefficient (Wildman–Crippen LogP) is 4.30. The van der Waals surface area contributed by atoms with Gasteiger partial charge in [0.05, 0.1) is 15.0 Å². The van der Waals surface area contributed by atoms with Crippen molar-refractivity contribution < 1.29 is 9.47 Å². The van der Waals surface area contributed by atoms with Crippen LogP contribution < -0.4 is 10.5 Å². The Bertz CT molecular complexity index is 403. The van der Waals surface area contributed by atoms with Crippen LogP contribution in [0.5, 0.6) is 5.75 Å². The normalized spacial score (nSPS) is 14.1. The summed E-state index contributed by atoms with van der Waals surface area (Å²) in [5.41, 5.74) is 7.21. The third-order valence-corrected chi connectivity index (χ3v) is 4.31. The van der Waals surface area contributed by atoms with E-state index in [1.54, 1.807) is 7.11 Å². The van der Waals surface area contributed by atoms with Crippen LogP contribution in [0.3, 0.4) is 0 Å². The molecule has 5 heteroatoms. The van der Waals surface area contributed by atoms with Crippen molar-refractivity contribution >= 4 is 31.9 Å². The fourth-order valence-corrected chi connectivity index (χ4v) is 3.30. The molecule has 0 fully saturated rings. The summed E-state index contributed by atoms with van der Waals surface area (Å²) in [6, 6.07) is 4.36. The van der Waals surface area contributed by atoms with Gasteiger partial charge in [-0.15, -0.1) is 0 Å². The van der Waals surface area contributed by atoms with Crippen molar-refractivity contribution in [1.29, 1.82) is 0 Å². The first kappa shape index (κ1) is 18.0. The van der Waals surface area contributed by atoms with Crippen molar-refractivity contribution in [3.8, 4) is 5.75 Å². The lowest BCUT2D eigenvalue weighted by atomic mass is 10.0. The number of methoxy groups -OCH3 is 1. The zero-order valence-electron chi connectivity index (χ0n) is 12.3. The van der Waals surface area contributed by atoms with Gasteiger partial charge in [0.15, 0.2) is 0 Å². The molecule has 2 N–H and O–H groups in total. The predicted molar refractivity (Wildman–Crippen MR) is 90.4 cm³/mol. The summed E-state index contributed by atoms with van der Waals surface area (Å²) < 4.78 is 12.9. The van der Waals surface area contributed by atoms with Crippen LogP contribution in [-0.4, -0.2) is 25.9 Å². The summed E-state index contributed by atoms with van der Waals surface area (Å²) in [5.74, 6) is 0.836. The molecule has 0 spiro atoms. The van der Waals surface area contributed by atoms with E-state index in [2.05, 4.69) is 50.9 Å². The van der Waals surface area contributed by atoms with Crippen molar-refractivity contribution in [2.45, 2.75) is 45.3 Å². The highest BCUT2D eigenvalue weighted by Crippen LogP contribution is 2.36. The minimum atomic E-state index is 0.103. The first-order valence-corrected chi connectivity index (χ1v) is 8.45. The maximum absolute atomic E-state index is 6.00. The van der Waals surface area contributed by atoms with Crippen molar-refractivity contribution in [2.75, 3.05) is 13.7 Å². The lowest BCUT2D eigenvalue weighted by Crippen LogP contribution is -2.21. The monoisotopic (exact) mass is 407 g/mol. The third kappa shape index (κ3) is 5.72. The number of hydrogen-bond acceptors (Lipinski definition) is 3. The van der Waals surface area contributed by atoms with E-state index in [4.69, 9.17) is 15.2 Å². The van der Waals surface area contributed by atoms with Gasteiger partial charge in [0, 0.05) is 26.2 Å². The van der Waals surface area contributed by atoms with Crippen LogP contribution in [0.1, 0.15) is 32.3 Å². The minimum absolute atomic E-state index is 0.103. The summed E-state index contributed by atoms with van der Waals surface area (Å²) in [6.45, 7) is 4.84. The van der Waals surface area contributed by atoms with Gasteiger partial charge in [0.25, 0.3) is 0 Å². The molecule has 1 aromatic carbocycles. The Morgan fingerprint density at radius 1 is 1.25 bits per heavy atom. The largest absolute Gasteiger partial charge is 0.488 e. The number of hydrogen-bond donors (Lipinski definition) is 1. The van der Waals surface area contributed by atoms with Gasteiger partial charge in [-0.25, -0.2) is 0 Å². The first-order chi connectivity index (χ1) is 9.47. The van der Waals surface area contributed by atoms with Gasteiger partial charge in [-0.2, -0.15) is 0 Å². The van der Waals surface area contributed by atoms with E-state index in [1.165, 1.54) is 5.56 Å². The smallest absolute Gasteiger partial charge is 0.148 e. The minimum Gasteiger partial charge on any atom is -0.488 e. The molecule has 0 bridgehead atoms. The number of benzene rings is 1. The average molecular weight is 409 g/mol. The van der Waals surface area contributed by atoms with Crippen LogP contribution in [-0.2, 0) is 11.2 Å². The molecule has 20 heavy (non-hydrogen) atoms. The highest BCUT2D eigenvalue weighted by molar-refractivity contribution is 9.11. The molecule has 1 aromatic rings. The Morgan fingerprint density at radius 2 is 1.85 bits per heavy atom. The molecule has 2 atom stereocenters. The van der Waals surface area contributed by atoms with E-state index in [1.807, 2.05) is 6.92 Å². The second kappa shape index (κ2) is 9.03. The molecular weight excluding hydrogens is 386 g/mol. The van der Waals surface area contributed by atoms with Crippen molar-refractivity contribution in [1.82, 2.24) is 0 Å². The van der Waals surface area contributed by atoms with Gasteiger partial charge < -0.3 is 15.2 Å². The lowest BCUT2D eigenvalue weighted by Gasteiger charge is -2.18. The molecule has 0 aliphatic carbocycles. The lowest BCUT2D eigenvalue weighted by molar-refractivity contribution is 0.134. The summed E-state index contributed by atoms with van der Waals surface area (Å²) >= 11 is 7.16. The van der Waals surface area contributed by atoms with E-state index >= 15 is 0 Å². The van der Waals surface area contributed by atoms with Crippen LogP contribution in [0.4, 0.5) is 0 Å². The second-order valence-electron chi connectivity index (χ2n) is 4.97. The fraction of sp³-hybridized carbons (Fsp3) is 0.600. The Morgan fingerprint density at radius 3 is 2.35 bits per heavy atom. The van der Waals surface area contributed by atoms with E-state index in [0.717, 1.165) is 34.0 Å². The van der Waals surface area contributed by atoms with Gasteiger partial charge in [0.2, 0.25) is 0 Å². The van der Waals surface area contributed by atoms with Gasteiger partial charge in [-0.1, -0.05) is 6.92 Å². The zero-order chi connectivity index (χ0) is 15.1. The Kier molecular flexibility index (Phi) is 8.10. The molecule has 3 nitrogen and oxygen atoms in total. The number of halogens is 2. The van der Waals surface area contributed by atoms with E-state index < -0.39 is 0 Å². The Balaban J connectivity index is 2.78. The average Bonchev–Trinajstić information content (AvgIpc) is 2.40. The van der Waals surface area contributed by atoms with Crippen molar-refractivity contribution in [3.63, 3.8) is 0 Å². The number of ether oxygens (including phenoxy) is 2. The van der Waals surface area contributed by atoms with Crippen molar-refractivity contribution in [3.05, 3.63) is 26.6 Å². The molecule has 114 valence electrons. The molecule has 0 amide bonds. The molecule has 0 saturated heterocycles. The van der Waals surface area contributed by atoms with Gasteiger partial charge in [-0.05, 0) is 69.3 Å². The molecule has 0 aliphatic heterocycles. The molecule has 1 rings (SSSR count). The van der Waals surface area contributed by atoms with Gasteiger partial charge >= 0.3 is 0 Å². The van der Waals surface area contributed by atoms with E-state index in [0.29, 0.717) is 6.61 Å². The molecule has 2 unspecified atom stereocenters. The quantitative estimate of drug-likeness (QED) is 0.697. The topological polar surface area (TPSA) is 44.5 Å². The Labute approximate surface area is 138 Å². The van der Waals surface area contributed by atoms with Crippen LogP contribution in [0, 0.1) is 0 Å². The summed E-state index contributed by atoms with van der Waals surface area (Å²) in [4.78, 5) is 0. The fourth-order valence-electron chi connectivity index (χ4n) is 1.83. The zero-order valence-corrected chi connectivity index (χ0v) is 15.5. The summed E-state index contributed by atoms with van der Waals surface area (Å²) in [6.07, 6.45) is 2.80. The number of nitrogens with two attached hydrogens (primary N) is 1. The van der Waals surface area contributed by atoms with Gasteiger partial charge in [-0.3, -0.25) is 0 Å². The summed E-state index contributed by atoms with van der Waals surface area (Å²) in [5, 5.41) is 0. The molecule has 0 radical (unpaired) electrons. The van der Waals surface area contributed by atoms with Crippen LogP contribution in [0.15, 0.2) is 21.1 Å². The molecule has 0 aliphatic rings. The van der Waals surface area contributed by atoms with Crippen LogP contribution in [0.2, 0.25) is 0 Å². The second-order valence-corrected chi connectivity index (χ2v) is 6.68. The van der Waals surface area contributed by atoms with Crippen molar-refractivity contribution in [2.24, 2.45) is 5.73 Å². The molecular formula is C15H23Br2NO2. The van der Waals surface area contributed by atoms with Gasteiger partial charge in [0.1, 0.15) is 5.75 Å². The highest BCUT2D eigenvalue weighted by Gasteiger charge is 2.13. The summed E-state index contributed by atoms with van der Waals surface area (Å²) in [7, 11) is 1.70. The third-order valence-electron chi connectivity index (χ3n) is 3.13. The Hall–Kier alpha value is -0.100. The molecule has 0 aromatic heterocycles. The van der Waals surface area contributed by atoms with E-state index in [9.17, 15) is 0 Å².